The number of nitrogens with zero attached hydrogens (tertiary/aromatic N) is 2. The second-order valence-electron chi connectivity index (χ2n) is 4.26. The molecule has 1 aromatic heterocycles. The quantitative estimate of drug-likeness (QED) is 0.785. The van der Waals surface area contributed by atoms with Gasteiger partial charge in [-0.2, -0.15) is 0 Å². The number of nitrogens with one attached hydrogen (secondary N) is 2. The second kappa shape index (κ2) is 6.29. The molecule has 0 unspecified atom stereocenters. The minimum absolute atomic E-state index is 0.266. The molecule has 2 N–H and O–H groups in total. The molecule has 0 aliphatic rings. The Morgan fingerprint density at radius 3 is 2.89 bits per heavy atom. The Balaban J connectivity index is 1.99. The average Bonchev–Trinajstić information content (AvgIpc) is 2.81. The van der Waals surface area contributed by atoms with Gasteiger partial charge in [-0.05, 0) is 43.7 Å². The van der Waals surface area contributed by atoms with Crippen LogP contribution in [-0.2, 0) is 6.54 Å². The first-order valence-corrected chi connectivity index (χ1v) is 6.25. The lowest BCUT2D eigenvalue weighted by Gasteiger charge is -2.04. The van der Waals surface area contributed by atoms with Crippen molar-refractivity contribution in [3.05, 3.63) is 35.5 Å². The van der Waals surface area contributed by atoms with Gasteiger partial charge >= 0.3 is 6.01 Å². The van der Waals surface area contributed by atoms with Gasteiger partial charge in [0.05, 0.1) is 6.54 Å². The first kappa shape index (κ1) is 13.5. The Hall–Kier alpha value is -1.95. The van der Waals surface area contributed by atoms with Crippen LogP contribution in [-0.4, -0.2) is 16.7 Å². The fourth-order valence-electron chi connectivity index (χ4n) is 1.63. The van der Waals surface area contributed by atoms with Crippen LogP contribution in [0.5, 0.6) is 0 Å². The lowest BCUT2D eigenvalue weighted by molar-refractivity contribution is 0.479. The van der Waals surface area contributed by atoms with Crippen molar-refractivity contribution in [1.29, 1.82) is 0 Å². The van der Waals surface area contributed by atoms with Crippen LogP contribution in [0.2, 0.25) is 0 Å². The topological polar surface area (TPSA) is 63.0 Å². The number of hydrogen-bond donors (Lipinski definition) is 2. The van der Waals surface area contributed by atoms with Crippen LogP contribution in [0.1, 0.15) is 24.8 Å². The zero-order chi connectivity index (χ0) is 13.7. The summed E-state index contributed by atoms with van der Waals surface area (Å²) in [5, 5.41) is 14.0. The molecule has 102 valence electrons. The number of anilines is 2. The first-order chi connectivity index (χ1) is 9.19. The molecule has 0 bridgehead atoms. The third-order valence-corrected chi connectivity index (χ3v) is 2.60. The van der Waals surface area contributed by atoms with Crippen LogP contribution in [0.25, 0.3) is 0 Å². The zero-order valence-corrected chi connectivity index (χ0v) is 11.0. The van der Waals surface area contributed by atoms with Crippen LogP contribution in [0.3, 0.4) is 0 Å². The second-order valence-corrected chi connectivity index (χ2v) is 4.26. The van der Waals surface area contributed by atoms with E-state index in [1.54, 1.807) is 6.07 Å². The normalized spacial score (nSPS) is 10.7. The molecule has 0 saturated carbocycles. The SMILES string of the molecule is CCCNCc1nnc(Nc2ccc(F)cc2C)o1. The van der Waals surface area contributed by atoms with Gasteiger partial charge in [0.1, 0.15) is 5.82 Å². The fourth-order valence-corrected chi connectivity index (χ4v) is 1.63. The first-order valence-electron chi connectivity index (χ1n) is 6.25. The van der Waals surface area contributed by atoms with Gasteiger partial charge in [-0.25, -0.2) is 4.39 Å². The van der Waals surface area contributed by atoms with E-state index in [1.165, 1.54) is 12.1 Å². The van der Waals surface area contributed by atoms with Crippen molar-refractivity contribution in [3.8, 4) is 0 Å². The van der Waals surface area contributed by atoms with Gasteiger partial charge in [0, 0.05) is 5.69 Å². The van der Waals surface area contributed by atoms with E-state index < -0.39 is 0 Å². The summed E-state index contributed by atoms with van der Waals surface area (Å²) in [5.74, 6) is 0.258. The molecule has 0 aliphatic heterocycles. The molecule has 2 aromatic rings. The van der Waals surface area contributed by atoms with Gasteiger partial charge in [0.15, 0.2) is 0 Å². The van der Waals surface area contributed by atoms with Crippen molar-refractivity contribution in [2.75, 3.05) is 11.9 Å². The molecule has 0 atom stereocenters. The van der Waals surface area contributed by atoms with E-state index in [0.717, 1.165) is 24.2 Å². The molecule has 5 nitrogen and oxygen atoms in total. The van der Waals surface area contributed by atoms with Gasteiger partial charge in [0.25, 0.3) is 0 Å². The summed E-state index contributed by atoms with van der Waals surface area (Å²) >= 11 is 0. The zero-order valence-electron chi connectivity index (χ0n) is 11.0. The van der Waals surface area contributed by atoms with Crippen molar-refractivity contribution in [2.45, 2.75) is 26.8 Å². The van der Waals surface area contributed by atoms with Crippen LogP contribution < -0.4 is 10.6 Å². The van der Waals surface area contributed by atoms with Gasteiger partial charge in [0.2, 0.25) is 5.89 Å². The summed E-state index contributed by atoms with van der Waals surface area (Å²) in [5.41, 5.74) is 1.53. The van der Waals surface area contributed by atoms with E-state index in [1.807, 2.05) is 6.92 Å². The highest BCUT2D eigenvalue weighted by molar-refractivity contribution is 5.56. The lowest BCUT2D eigenvalue weighted by atomic mass is 10.2. The van der Waals surface area contributed by atoms with E-state index in [4.69, 9.17) is 4.42 Å². The third-order valence-electron chi connectivity index (χ3n) is 2.60. The maximum absolute atomic E-state index is 13.0. The highest BCUT2D eigenvalue weighted by Crippen LogP contribution is 2.20. The van der Waals surface area contributed by atoms with Crippen LogP contribution in [0.4, 0.5) is 16.1 Å². The van der Waals surface area contributed by atoms with Crippen LogP contribution in [0, 0.1) is 12.7 Å². The van der Waals surface area contributed by atoms with Gasteiger partial charge in [-0.15, -0.1) is 5.10 Å². The molecule has 0 aliphatic carbocycles. The highest BCUT2D eigenvalue weighted by Gasteiger charge is 2.07. The molecule has 0 amide bonds. The Bertz CT molecular complexity index is 541. The molecule has 0 fully saturated rings. The third kappa shape index (κ3) is 3.75. The van der Waals surface area contributed by atoms with E-state index >= 15 is 0 Å². The van der Waals surface area contributed by atoms with Crippen molar-refractivity contribution in [3.63, 3.8) is 0 Å². The lowest BCUT2D eigenvalue weighted by Crippen LogP contribution is -2.13. The molecular weight excluding hydrogens is 247 g/mol. The molecule has 1 heterocycles. The fraction of sp³-hybridized carbons (Fsp3) is 0.385. The highest BCUT2D eigenvalue weighted by atomic mass is 19.1. The molecule has 0 spiro atoms. The molecule has 0 saturated heterocycles. The smallest absolute Gasteiger partial charge is 0.320 e. The number of aryl methyl sites for hydroxylation is 1. The molecule has 1 aromatic carbocycles. The molecule has 6 heteroatoms. The van der Waals surface area contributed by atoms with Gasteiger partial charge < -0.3 is 15.1 Å². The summed E-state index contributed by atoms with van der Waals surface area (Å²) in [6.45, 7) is 5.35. The van der Waals surface area contributed by atoms with Gasteiger partial charge in [-0.3, -0.25) is 0 Å². The Morgan fingerprint density at radius 1 is 1.32 bits per heavy atom. The summed E-state index contributed by atoms with van der Waals surface area (Å²) in [7, 11) is 0. The van der Waals surface area contributed by atoms with Crippen molar-refractivity contribution < 1.29 is 8.81 Å². The van der Waals surface area contributed by atoms with E-state index in [9.17, 15) is 4.39 Å². The monoisotopic (exact) mass is 264 g/mol. The van der Waals surface area contributed by atoms with Gasteiger partial charge in [-0.1, -0.05) is 12.0 Å². The van der Waals surface area contributed by atoms with E-state index in [2.05, 4.69) is 27.8 Å². The standard InChI is InChI=1S/C13H17FN4O/c1-3-6-15-8-12-17-18-13(19-12)16-11-5-4-10(14)7-9(11)2/h4-5,7,15H,3,6,8H2,1-2H3,(H,16,18). The van der Waals surface area contributed by atoms with Crippen molar-refractivity contribution >= 4 is 11.7 Å². The minimum atomic E-state index is -0.266. The maximum atomic E-state index is 13.0. The Labute approximate surface area is 111 Å². The molecular formula is C13H17FN4O. The van der Waals surface area contributed by atoms with Crippen LogP contribution >= 0.6 is 0 Å². The number of benzene rings is 1. The Morgan fingerprint density at radius 2 is 2.16 bits per heavy atom. The van der Waals surface area contributed by atoms with Crippen LogP contribution in [0.15, 0.2) is 22.6 Å². The predicted octanol–water partition coefficient (Wildman–Crippen LogP) is 2.76. The average molecular weight is 264 g/mol. The summed E-state index contributed by atoms with van der Waals surface area (Å²) in [6.07, 6.45) is 1.05. The van der Waals surface area contributed by atoms with E-state index in [-0.39, 0.29) is 5.82 Å². The minimum Gasteiger partial charge on any atom is -0.406 e. The van der Waals surface area contributed by atoms with Crippen molar-refractivity contribution in [1.82, 2.24) is 15.5 Å². The molecule has 2 rings (SSSR count). The number of aromatic nitrogens is 2. The molecule has 0 radical (unpaired) electrons. The van der Waals surface area contributed by atoms with Crippen molar-refractivity contribution in [2.24, 2.45) is 0 Å². The maximum Gasteiger partial charge on any atom is 0.320 e. The summed E-state index contributed by atoms with van der Waals surface area (Å²) in [4.78, 5) is 0. The Kier molecular flexibility index (Phi) is 4.46. The number of hydrogen-bond acceptors (Lipinski definition) is 5. The largest absolute Gasteiger partial charge is 0.406 e. The number of halogens is 1. The summed E-state index contributed by atoms with van der Waals surface area (Å²) in [6, 6.07) is 4.78. The summed E-state index contributed by atoms with van der Waals surface area (Å²) < 4.78 is 18.4. The number of rotatable bonds is 6. The van der Waals surface area contributed by atoms with E-state index in [0.29, 0.717) is 18.5 Å². The predicted molar refractivity (Wildman–Crippen MR) is 70.7 cm³/mol. The molecule has 19 heavy (non-hydrogen) atoms.